The predicted molar refractivity (Wildman–Crippen MR) is 93.4 cm³/mol. The lowest BCUT2D eigenvalue weighted by molar-refractivity contribution is -0.384. The highest BCUT2D eigenvalue weighted by atomic mass is 16.6. The van der Waals surface area contributed by atoms with Crippen molar-refractivity contribution in [2.45, 2.75) is 26.3 Å². The SMILES string of the molecule is CC/C=C1\Nc2ncnn2[C@@H](c2cccc([N+](=O)[O-])c2)[C@H]1C(=O)OCC. The van der Waals surface area contributed by atoms with Crippen molar-refractivity contribution in [3.05, 3.63) is 58.0 Å². The van der Waals surface area contributed by atoms with Gasteiger partial charge in [-0.05, 0) is 18.9 Å². The first-order chi connectivity index (χ1) is 12.6. The lowest BCUT2D eigenvalue weighted by Gasteiger charge is -2.33. The molecule has 1 aromatic carbocycles. The number of anilines is 1. The van der Waals surface area contributed by atoms with Crippen molar-refractivity contribution in [3.8, 4) is 0 Å². The van der Waals surface area contributed by atoms with E-state index in [2.05, 4.69) is 15.4 Å². The Labute approximate surface area is 149 Å². The third-order valence-corrected chi connectivity index (χ3v) is 4.13. The Morgan fingerprint density at radius 3 is 2.96 bits per heavy atom. The van der Waals surface area contributed by atoms with Crippen LogP contribution in [-0.4, -0.2) is 32.3 Å². The zero-order valence-electron chi connectivity index (χ0n) is 14.5. The van der Waals surface area contributed by atoms with Crippen molar-refractivity contribution >= 4 is 17.6 Å². The maximum atomic E-state index is 12.7. The second-order valence-corrected chi connectivity index (χ2v) is 5.75. The van der Waals surface area contributed by atoms with Gasteiger partial charge in [0.15, 0.2) is 0 Å². The number of allylic oxidation sites excluding steroid dienone is 1. The average molecular weight is 357 g/mol. The second kappa shape index (κ2) is 7.34. The van der Waals surface area contributed by atoms with E-state index in [4.69, 9.17) is 4.74 Å². The van der Waals surface area contributed by atoms with Gasteiger partial charge in [-0.25, -0.2) is 4.68 Å². The lowest BCUT2D eigenvalue weighted by atomic mass is 9.88. The summed E-state index contributed by atoms with van der Waals surface area (Å²) in [6.07, 6.45) is 3.97. The maximum Gasteiger partial charge on any atom is 0.317 e. The van der Waals surface area contributed by atoms with Gasteiger partial charge < -0.3 is 10.1 Å². The molecule has 0 unspecified atom stereocenters. The van der Waals surface area contributed by atoms with Crippen LogP contribution in [0, 0.1) is 16.0 Å². The summed E-state index contributed by atoms with van der Waals surface area (Å²) < 4.78 is 6.83. The molecule has 0 saturated carbocycles. The van der Waals surface area contributed by atoms with Gasteiger partial charge >= 0.3 is 5.97 Å². The molecular weight excluding hydrogens is 338 g/mol. The Morgan fingerprint density at radius 1 is 1.46 bits per heavy atom. The number of non-ortho nitro benzene ring substituents is 1. The molecule has 1 N–H and O–H groups in total. The molecule has 1 aromatic heterocycles. The van der Waals surface area contributed by atoms with Gasteiger partial charge in [-0.1, -0.05) is 25.1 Å². The quantitative estimate of drug-likeness (QED) is 0.497. The van der Waals surface area contributed by atoms with E-state index in [-0.39, 0.29) is 12.3 Å². The molecule has 0 spiro atoms. The summed E-state index contributed by atoms with van der Waals surface area (Å²) in [4.78, 5) is 27.6. The van der Waals surface area contributed by atoms with E-state index in [9.17, 15) is 14.9 Å². The number of hydrogen-bond donors (Lipinski definition) is 1. The molecule has 2 atom stereocenters. The van der Waals surface area contributed by atoms with Crippen molar-refractivity contribution < 1.29 is 14.5 Å². The minimum absolute atomic E-state index is 0.0497. The summed E-state index contributed by atoms with van der Waals surface area (Å²) in [5.74, 6) is -0.648. The molecule has 0 fully saturated rings. The van der Waals surface area contributed by atoms with Gasteiger partial charge in [0.05, 0.1) is 17.6 Å². The first-order valence-corrected chi connectivity index (χ1v) is 8.34. The first kappa shape index (κ1) is 17.6. The largest absolute Gasteiger partial charge is 0.465 e. The molecule has 0 aliphatic carbocycles. The summed E-state index contributed by atoms with van der Waals surface area (Å²) in [5, 5.41) is 18.5. The van der Waals surface area contributed by atoms with Gasteiger partial charge in [-0.2, -0.15) is 10.1 Å². The number of carbonyl (C=O) groups excluding carboxylic acids is 1. The van der Waals surface area contributed by atoms with E-state index in [0.29, 0.717) is 23.6 Å². The molecule has 0 saturated heterocycles. The lowest BCUT2D eigenvalue weighted by Crippen LogP contribution is -2.38. The Morgan fingerprint density at radius 2 is 2.27 bits per heavy atom. The van der Waals surface area contributed by atoms with Crippen LogP contribution in [0.4, 0.5) is 11.6 Å². The summed E-state index contributed by atoms with van der Waals surface area (Å²) in [7, 11) is 0. The normalized spacial score (nSPS) is 20.3. The van der Waals surface area contributed by atoms with Crippen LogP contribution in [-0.2, 0) is 9.53 Å². The number of nitro benzene ring substituents is 1. The van der Waals surface area contributed by atoms with Crippen molar-refractivity contribution in [1.29, 1.82) is 0 Å². The van der Waals surface area contributed by atoms with Crippen molar-refractivity contribution in [2.24, 2.45) is 5.92 Å². The van der Waals surface area contributed by atoms with Crippen LogP contribution >= 0.6 is 0 Å². The molecule has 2 heterocycles. The fraction of sp³-hybridized carbons (Fsp3) is 0.353. The molecule has 0 radical (unpaired) electrons. The summed E-state index contributed by atoms with van der Waals surface area (Å²) >= 11 is 0. The molecule has 3 rings (SSSR count). The zero-order chi connectivity index (χ0) is 18.7. The highest BCUT2D eigenvalue weighted by Crippen LogP contribution is 2.39. The fourth-order valence-electron chi connectivity index (χ4n) is 3.10. The van der Waals surface area contributed by atoms with Crippen LogP contribution in [0.3, 0.4) is 0 Å². The van der Waals surface area contributed by atoms with Crippen molar-refractivity contribution in [1.82, 2.24) is 14.8 Å². The third-order valence-electron chi connectivity index (χ3n) is 4.13. The zero-order valence-corrected chi connectivity index (χ0v) is 14.5. The molecule has 26 heavy (non-hydrogen) atoms. The van der Waals surface area contributed by atoms with E-state index in [1.165, 1.54) is 18.5 Å². The minimum atomic E-state index is -0.703. The van der Waals surface area contributed by atoms with E-state index in [1.54, 1.807) is 23.7 Å². The third kappa shape index (κ3) is 3.15. The van der Waals surface area contributed by atoms with Crippen molar-refractivity contribution in [2.75, 3.05) is 11.9 Å². The van der Waals surface area contributed by atoms with Crippen LogP contribution in [0.15, 0.2) is 42.4 Å². The molecule has 9 heteroatoms. The summed E-state index contributed by atoms with van der Waals surface area (Å²) in [5.41, 5.74) is 1.20. The number of nitrogens with one attached hydrogen (secondary N) is 1. The van der Waals surface area contributed by atoms with E-state index in [1.807, 2.05) is 13.0 Å². The number of benzene rings is 1. The van der Waals surface area contributed by atoms with Crippen LogP contribution in [0.2, 0.25) is 0 Å². The smallest absolute Gasteiger partial charge is 0.317 e. The average Bonchev–Trinajstić information content (AvgIpc) is 3.09. The number of esters is 1. The second-order valence-electron chi connectivity index (χ2n) is 5.75. The Hall–Kier alpha value is -3.23. The van der Waals surface area contributed by atoms with Crippen LogP contribution in [0.25, 0.3) is 0 Å². The number of fused-ring (bicyclic) bond motifs is 1. The summed E-state index contributed by atoms with van der Waals surface area (Å²) in [6.45, 7) is 3.93. The van der Waals surface area contributed by atoms with E-state index in [0.717, 1.165) is 0 Å². The standard InChI is InChI=1S/C17H19N5O4/c1-3-6-13-14(16(23)26-4-2)15(21-17(20-13)18-10-19-21)11-7-5-8-12(9-11)22(24)25/h5-10,14-15H,3-4H2,1-2H3,(H,18,19,20)/b13-6-/t14-,15-/m0/s1. The Bertz CT molecular complexity index is 860. The molecule has 1 aliphatic rings. The Kier molecular flexibility index (Phi) is 4.97. The monoisotopic (exact) mass is 357 g/mol. The molecule has 136 valence electrons. The van der Waals surface area contributed by atoms with E-state index < -0.39 is 22.9 Å². The maximum absolute atomic E-state index is 12.7. The van der Waals surface area contributed by atoms with Gasteiger partial charge in [0, 0.05) is 17.8 Å². The van der Waals surface area contributed by atoms with Crippen LogP contribution < -0.4 is 5.32 Å². The molecule has 9 nitrogen and oxygen atoms in total. The van der Waals surface area contributed by atoms with Crippen LogP contribution in [0.5, 0.6) is 0 Å². The number of nitro groups is 1. The number of rotatable bonds is 5. The number of hydrogen-bond acceptors (Lipinski definition) is 7. The number of ether oxygens (including phenoxy) is 1. The highest BCUT2D eigenvalue weighted by molar-refractivity contribution is 5.79. The number of carbonyl (C=O) groups is 1. The fourth-order valence-corrected chi connectivity index (χ4v) is 3.10. The van der Waals surface area contributed by atoms with Gasteiger partial charge in [-0.3, -0.25) is 14.9 Å². The van der Waals surface area contributed by atoms with Gasteiger partial charge in [0.25, 0.3) is 5.69 Å². The van der Waals surface area contributed by atoms with Gasteiger partial charge in [0.1, 0.15) is 12.2 Å². The molecule has 0 bridgehead atoms. The number of aromatic nitrogens is 3. The highest BCUT2D eigenvalue weighted by Gasteiger charge is 2.41. The van der Waals surface area contributed by atoms with E-state index >= 15 is 0 Å². The number of nitrogens with zero attached hydrogens (tertiary/aromatic N) is 4. The molecule has 2 aromatic rings. The summed E-state index contributed by atoms with van der Waals surface area (Å²) in [6, 6.07) is 5.61. The molecule has 0 amide bonds. The van der Waals surface area contributed by atoms with Crippen LogP contribution in [0.1, 0.15) is 31.9 Å². The van der Waals surface area contributed by atoms with Gasteiger partial charge in [0.2, 0.25) is 5.95 Å². The first-order valence-electron chi connectivity index (χ1n) is 8.34. The predicted octanol–water partition coefficient (Wildman–Crippen LogP) is 2.67. The molecular formula is C17H19N5O4. The Balaban J connectivity index is 2.17. The van der Waals surface area contributed by atoms with Gasteiger partial charge in [-0.15, -0.1) is 0 Å². The molecule has 1 aliphatic heterocycles. The topological polar surface area (TPSA) is 112 Å². The van der Waals surface area contributed by atoms with Crippen molar-refractivity contribution in [3.63, 3.8) is 0 Å². The minimum Gasteiger partial charge on any atom is -0.465 e.